The van der Waals surface area contributed by atoms with E-state index in [9.17, 15) is 4.79 Å². The molecule has 0 spiro atoms. The van der Waals surface area contributed by atoms with Gasteiger partial charge in [-0.05, 0) is 31.1 Å². The third-order valence-corrected chi connectivity index (χ3v) is 4.91. The van der Waals surface area contributed by atoms with Crippen molar-refractivity contribution in [3.63, 3.8) is 0 Å². The zero-order valence-corrected chi connectivity index (χ0v) is 13.6. The molecule has 2 heterocycles. The van der Waals surface area contributed by atoms with Crippen LogP contribution in [0.2, 0.25) is 0 Å². The van der Waals surface area contributed by atoms with Crippen LogP contribution in [0.5, 0.6) is 0 Å². The highest BCUT2D eigenvalue weighted by molar-refractivity contribution is 5.95. The van der Waals surface area contributed by atoms with Crippen LogP contribution in [0.25, 0.3) is 0 Å². The lowest BCUT2D eigenvalue weighted by molar-refractivity contribution is 0.0782. The number of halogens is 1. The molecule has 1 aliphatic carbocycles. The smallest absolute Gasteiger partial charge is 0.257 e. The summed E-state index contributed by atoms with van der Waals surface area (Å²) >= 11 is 0. The summed E-state index contributed by atoms with van der Waals surface area (Å²) in [6, 6.07) is 0.270. The van der Waals surface area contributed by atoms with Crippen LogP contribution < -0.4 is 5.73 Å². The van der Waals surface area contributed by atoms with Gasteiger partial charge >= 0.3 is 0 Å². The maximum Gasteiger partial charge on any atom is 0.257 e. The first-order valence-corrected chi connectivity index (χ1v) is 7.67. The van der Waals surface area contributed by atoms with Crippen molar-refractivity contribution in [2.45, 2.75) is 38.6 Å². The SMILES string of the molecule is CCc1nn(C)cc1C(=O)N1CC2CCCC(N)C2C1.Cl. The van der Waals surface area contributed by atoms with Crippen molar-refractivity contribution in [3.8, 4) is 0 Å². The van der Waals surface area contributed by atoms with Crippen LogP contribution >= 0.6 is 12.4 Å². The highest BCUT2D eigenvalue weighted by Crippen LogP contribution is 2.36. The fraction of sp³-hybridized carbons (Fsp3) is 0.733. The second-order valence-electron chi connectivity index (χ2n) is 6.25. The van der Waals surface area contributed by atoms with Gasteiger partial charge in [-0.3, -0.25) is 9.48 Å². The van der Waals surface area contributed by atoms with Crippen molar-refractivity contribution < 1.29 is 4.79 Å². The van der Waals surface area contributed by atoms with Gasteiger partial charge in [-0.1, -0.05) is 13.3 Å². The van der Waals surface area contributed by atoms with Crippen molar-refractivity contribution in [3.05, 3.63) is 17.5 Å². The molecule has 1 saturated carbocycles. The number of nitrogens with zero attached hydrogens (tertiary/aromatic N) is 3. The Balaban J connectivity index is 0.00000161. The Morgan fingerprint density at radius 1 is 1.43 bits per heavy atom. The number of hydrogen-bond donors (Lipinski definition) is 1. The number of amides is 1. The topological polar surface area (TPSA) is 64.2 Å². The minimum atomic E-state index is 0. The lowest BCUT2D eigenvalue weighted by atomic mass is 9.78. The van der Waals surface area contributed by atoms with Gasteiger partial charge in [0.05, 0.1) is 11.3 Å². The third-order valence-electron chi connectivity index (χ3n) is 4.91. The molecule has 1 aliphatic heterocycles. The molecule has 3 atom stereocenters. The predicted octanol–water partition coefficient (Wildman–Crippen LogP) is 1.60. The Bertz CT molecular complexity index is 516. The molecular weight excluding hydrogens is 288 g/mol. The molecule has 3 rings (SSSR count). The van der Waals surface area contributed by atoms with Crippen molar-refractivity contribution >= 4 is 18.3 Å². The summed E-state index contributed by atoms with van der Waals surface area (Å²) in [6.45, 7) is 3.73. The monoisotopic (exact) mass is 312 g/mol. The zero-order valence-electron chi connectivity index (χ0n) is 12.8. The summed E-state index contributed by atoms with van der Waals surface area (Å²) in [4.78, 5) is 14.7. The van der Waals surface area contributed by atoms with E-state index >= 15 is 0 Å². The van der Waals surface area contributed by atoms with E-state index in [1.807, 2.05) is 25.1 Å². The van der Waals surface area contributed by atoms with E-state index in [1.54, 1.807) is 4.68 Å². The summed E-state index contributed by atoms with van der Waals surface area (Å²) in [7, 11) is 1.87. The number of aromatic nitrogens is 2. The third kappa shape index (κ3) is 2.94. The average Bonchev–Trinajstić information content (AvgIpc) is 3.02. The minimum absolute atomic E-state index is 0. The molecule has 2 N–H and O–H groups in total. The van der Waals surface area contributed by atoms with Gasteiger partial charge in [-0.15, -0.1) is 12.4 Å². The number of aryl methyl sites for hydroxylation is 2. The Morgan fingerprint density at radius 3 is 2.86 bits per heavy atom. The maximum absolute atomic E-state index is 12.7. The number of nitrogens with two attached hydrogens (primary N) is 1. The predicted molar refractivity (Wildman–Crippen MR) is 84.5 cm³/mol. The highest BCUT2D eigenvalue weighted by Gasteiger charge is 2.41. The van der Waals surface area contributed by atoms with E-state index in [0.717, 1.165) is 37.2 Å². The van der Waals surface area contributed by atoms with E-state index in [-0.39, 0.29) is 24.4 Å². The summed E-state index contributed by atoms with van der Waals surface area (Å²) in [5.41, 5.74) is 7.89. The van der Waals surface area contributed by atoms with Crippen molar-refractivity contribution in [2.24, 2.45) is 24.6 Å². The molecular formula is C15H25ClN4O. The molecule has 1 aromatic heterocycles. The second-order valence-corrected chi connectivity index (χ2v) is 6.25. The molecule has 1 aromatic rings. The largest absolute Gasteiger partial charge is 0.338 e. The van der Waals surface area contributed by atoms with E-state index in [1.165, 1.54) is 12.8 Å². The second kappa shape index (κ2) is 6.36. The molecule has 118 valence electrons. The van der Waals surface area contributed by atoms with Crippen LogP contribution in [-0.2, 0) is 13.5 Å². The fourth-order valence-electron chi connectivity index (χ4n) is 3.83. The van der Waals surface area contributed by atoms with Crippen LogP contribution in [0.3, 0.4) is 0 Å². The Labute approximate surface area is 132 Å². The molecule has 0 radical (unpaired) electrons. The summed E-state index contributed by atoms with van der Waals surface area (Å²) < 4.78 is 1.74. The highest BCUT2D eigenvalue weighted by atomic mass is 35.5. The van der Waals surface area contributed by atoms with Gasteiger partial charge in [0.25, 0.3) is 5.91 Å². The van der Waals surface area contributed by atoms with Crippen LogP contribution in [0.1, 0.15) is 42.2 Å². The van der Waals surface area contributed by atoms with Crippen molar-refractivity contribution in [2.75, 3.05) is 13.1 Å². The van der Waals surface area contributed by atoms with Gasteiger partial charge in [0.1, 0.15) is 0 Å². The molecule has 6 heteroatoms. The first-order chi connectivity index (χ1) is 9.60. The van der Waals surface area contributed by atoms with Crippen molar-refractivity contribution in [1.29, 1.82) is 0 Å². The normalized spacial score (nSPS) is 28.1. The van der Waals surface area contributed by atoms with Crippen LogP contribution in [0.4, 0.5) is 0 Å². The van der Waals surface area contributed by atoms with E-state index in [4.69, 9.17) is 5.73 Å². The fourth-order valence-corrected chi connectivity index (χ4v) is 3.83. The molecule has 2 aliphatic rings. The van der Waals surface area contributed by atoms with Gasteiger partial charge in [0.2, 0.25) is 0 Å². The molecule has 3 unspecified atom stereocenters. The standard InChI is InChI=1S/C15H24N4O.ClH/c1-3-14-12(8-18(2)17-14)15(20)19-7-10-5-4-6-13(16)11(10)9-19;/h8,10-11,13H,3-7,9,16H2,1-2H3;1H. The number of fused-ring (bicyclic) bond motifs is 1. The number of carbonyl (C=O) groups excluding carboxylic acids is 1. The molecule has 2 fully saturated rings. The molecule has 1 amide bonds. The van der Waals surface area contributed by atoms with Crippen LogP contribution in [-0.4, -0.2) is 39.7 Å². The molecule has 1 saturated heterocycles. The Hall–Kier alpha value is -1.07. The molecule has 0 aromatic carbocycles. The molecule has 0 bridgehead atoms. The summed E-state index contributed by atoms with van der Waals surface area (Å²) in [5, 5.41) is 4.37. The molecule has 5 nitrogen and oxygen atoms in total. The number of likely N-dealkylation sites (tertiary alicyclic amines) is 1. The summed E-state index contributed by atoms with van der Waals surface area (Å²) in [5.74, 6) is 1.23. The van der Waals surface area contributed by atoms with E-state index in [0.29, 0.717) is 11.8 Å². The number of carbonyl (C=O) groups is 1. The maximum atomic E-state index is 12.7. The van der Waals surface area contributed by atoms with Gasteiger partial charge < -0.3 is 10.6 Å². The van der Waals surface area contributed by atoms with E-state index < -0.39 is 0 Å². The van der Waals surface area contributed by atoms with Gasteiger partial charge in [0.15, 0.2) is 0 Å². The number of rotatable bonds is 2. The van der Waals surface area contributed by atoms with Crippen molar-refractivity contribution in [1.82, 2.24) is 14.7 Å². The van der Waals surface area contributed by atoms with Gasteiger partial charge in [0, 0.05) is 32.4 Å². The van der Waals surface area contributed by atoms with Crippen LogP contribution in [0, 0.1) is 11.8 Å². The zero-order chi connectivity index (χ0) is 14.3. The Morgan fingerprint density at radius 2 is 2.19 bits per heavy atom. The van der Waals surface area contributed by atoms with Gasteiger partial charge in [-0.2, -0.15) is 5.10 Å². The van der Waals surface area contributed by atoms with Crippen LogP contribution in [0.15, 0.2) is 6.20 Å². The quantitative estimate of drug-likeness (QED) is 0.902. The first kappa shape index (κ1) is 16.3. The lowest BCUT2D eigenvalue weighted by Crippen LogP contribution is -2.38. The minimum Gasteiger partial charge on any atom is -0.338 e. The molecule has 21 heavy (non-hydrogen) atoms. The van der Waals surface area contributed by atoms with Gasteiger partial charge in [-0.25, -0.2) is 0 Å². The first-order valence-electron chi connectivity index (χ1n) is 7.67. The lowest BCUT2D eigenvalue weighted by Gasteiger charge is -2.29. The number of hydrogen-bond acceptors (Lipinski definition) is 3. The average molecular weight is 313 g/mol. The van der Waals surface area contributed by atoms with E-state index in [2.05, 4.69) is 5.10 Å². The Kier molecular flexibility index (Phi) is 4.94. The summed E-state index contributed by atoms with van der Waals surface area (Å²) in [6.07, 6.45) is 6.18.